The van der Waals surface area contributed by atoms with Gasteiger partial charge in [-0.3, -0.25) is 4.79 Å². The maximum absolute atomic E-state index is 13.8. The highest BCUT2D eigenvalue weighted by atomic mass is 19.1. The summed E-state index contributed by atoms with van der Waals surface area (Å²) in [5.41, 5.74) is 0.985. The topological polar surface area (TPSA) is 29.5 Å². The lowest BCUT2D eigenvalue weighted by Crippen LogP contribution is -2.29. The van der Waals surface area contributed by atoms with Crippen LogP contribution in [0.4, 0.5) is 8.78 Å². The molecule has 1 atom stereocenters. The van der Waals surface area contributed by atoms with E-state index in [4.69, 9.17) is 4.74 Å². The minimum absolute atomic E-state index is 0.198. The van der Waals surface area contributed by atoms with Gasteiger partial charge >= 0.3 is 0 Å². The van der Waals surface area contributed by atoms with Crippen molar-refractivity contribution in [2.24, 2.45) is 5.92 Å². The number of ether oxygens (including phenoxy) is 1. The first-order valence-corrected chi connectivity index (χ1v) is 8.47. The molecule has 0 N–H and O–H groups in total. The number of aryl methyl sites for hydroxylation is 1. The van der Waals surface area contributed by atoms with Crippen LogP contribution in [0, 0.1) is 24.5 Å². The van der Waals surface area contributed by atoms with E-state index < -0.39 is 17.5 Å². The number of carbonyl (C=O) groups is 1. The fraction of sp³-hybridized carbons (Fsp3) is 0.350. The Bertz CT molecular complexity index is 746. The van der Waals surface area contributed by atoms with E-state index in [1.54, 1.807) is 4.90 Å². The molecule has 0 spiro atoms. The first-order valence-electron chi connectivity index (χ1n) is 8.47. The third kappa shape index (κ3) is 4.35. The molecule has 0 radical (unpaired) electrons. The minimum Gasteiger partial charge on any atom is -0.494 e. The predicted molar refractivity (Wildman–Crippen MR) is 91.7 cm³/mol. The zero-order valence-corrected chi connectivity index (χ0v) is 14.2. The van der Waals surface area contributed by atoms with Crippen LogP contribution >= 0.6 is 0 Å². The van der Waals surface area contributed by atoms with Crippen molar-refractivity contribution in [1.82, 2.24) is 4.90 Å². The Hall–Kier alpha value is -2.43. The Balaban J connectivity index is 1.50. The number of hydrogen-bond acceptors (Lipinski definition) is 2. The van der Waals surface area contributed by atoms with Gasteiger partial charge in [-0.05, 0) is 56.0 Å². The summed E-state index contributed by atoms with van der Waals surface area (Å²) in [7, 11) is 0. The summed E-state index contributed by atoms with van der Waals surface area (Å²) in [5, 5.41) is 0. The average molecular weight is 345 g/mol. The van der Waals surface area contributed by atoms with Crippen LogP contribution in [0.2, 0.25) is 0 Å². The van der Waals surface area contributed by atoms with Crippen molar-refractivity contribution in [3.8, 4) is 5.75 Å². The van der Waals surface area contributed by atoms with Crippen molar-refractivity contribution in [3.05, 3.63) is 65.2 Å². The number of hydrogen-bond donors (Lipinski definition) is 0. The molecule has 1 fully saturated rings. The SMILES string of the molecule is Cc1ccc(OCCC2CCN(C(=O)c3cc(F)ccc3F)C2)cc1. The van der Waals surface area contributed by atoms with Gasteiger partial charge in [-0.25, -0.2) is 8.78 Å². The van der Waals surface area contributed by atoms with E-state index in [9.17, 15) is 13.6 Å². The molecule has 1 unspecified atom stereocenters. The number of nitrogens with zero attached hydrogens (tertiary/aromatic N) is 1. The van der Waals surface area contributed by atoms with E-state index in [1.165, 1.54) is 5.56 Å². The van der Waals surface area contributed by atoms with Gasteiger partial charge in [0.25, 0.3) is 5.91 Å². The molecular formula is C20H21F2NO2. The van der Waals surface area contributed by atoms with Crippen LogP contribution in [-0.2, 0) is 0 Å². The zero-order chi connectivity index (χ0) is 17.8. The van der Waals surface area contributed by atoms with E-state index in [1.807, 2.05) is 31.2 Å². The monoisotopic (exact) mass is 345 g/mol. The molecule has 0 aromatic heterocycles. The van der Waals surface area contributed by atoms with Crippen molar-refractivity contribution in [2.75, 3.05) is 19.7 Å². The normalized spacial score (nSPS) is 16.9. The molecule has 3 rings (SSSR count). The smallest absolute Gasteiger partial charge is 0.256 e. The van der Waals surface area contributed by atoms with Gasteiger partial charge in [0.05, 0.1) is 12.2 Å². The Morgan fingerprint density at radius 3 is 2.72 bits per heavy atom. The molecule has 0 bridgehead atoms. The van der Waals surface area contributed by atoms with Crippen LogP contribution in [0.15, 0.2) is 42.5 Å². The number of benzene rings is 2. The molecule has 2 aromatic carbocycles. The van der Waals surface area contributed by atoms with Crippen molar-refractivity contribution in [1.29, 1.82) is 0 Å². The van der Waals surface area contributed by atoms with E-state index >= 15 is 0 Å². The Labute approximate surface area is 146 Å². The van der Waals surface area contributed by atoms with Gasteiger partial charge in [0, 0.05) is 13.1 Å². The predicted octanol–water partition coefficient (Wildman–Crippen LogP) is 4.20. The zero-order valence-electron chi connectivity index (χ0n) is 14.2. The van der Waals surface area contributed by atoms with Crippen LogP contribution < -0.4 is 4.74 Å². The molecule has 1 saturated heterocycles. The average Bonchev–Trinajstić information content (AvgIpc) is 3.07. The maximum Gasteiger partial charge on any atom is 0.256 e. The number of halogens is 2. The summed E-state index contributed by atoms with van der Waals surface area (Å²) >= 11 is 0. The summed E-state index contributed by atoms with van der Waals surface area (Å²) in [5.74, 6) is -0.590. The Morgan fingerprint density at radius 1 is 1.20 bits per heavy atom. The highest BCUT2D eigenvalue weighted by Crippen LogP contribution is 2.23. The number of amides is 1. The van der Waals surface area contributed by atoms with Gasteiger partial charge in [0.15, 0.2) is 0 Å². The van der Waals surface area contributed by atoms with Crippen LogP contribution in [0.3, 0.4) is 0 Å². The van der Waals surface area contributed by atoms with Gasteiger partial charge in [0.2, 0.25) is 0 Å². The van der Waals surface area contributed by atoms with Crippen LogP contribution in [0.25, 0.3) is 0 Å². The highest BCUT2D eigenvalue weighted by Gasteiger charge is 2.28. The van der Waals surface area contributed by atoms with Crippen molar-refractivity contribution in [2.45, 2.75) is 19.8 Å². The Kier molecular flexibility index (Phi) is 5.31. The molecule has 1 aliphatic rings. The lowest BCUT2D eigenvalue weighted by Gasteiger charge is -2.17. The molecule has 2 aromatic rings. The maximum atomic E-state index is 13.8. The van der Waals surface area contributed by atoms with Crippen molar-refractivity contribution >= 4 is 5.91 Å². The largest absolute Gasteiger partial charge is 0.494 e. The molecule has 5 heteroatoms. The van der Waals surface area contributed by atoms with Crippen LogP contribution in [0.1, 0.15) is 28.8 Å². The van der Waals surface area contributed by atoms with Gasteiger partial charge < -0.3 is 9.64 Å². The highest BCUT2D eigenvalue weighted by molar-refractivity contribution is 5.94. The molecule has 132 valence electrons. The van der Waals surface area contributed by atoms with Gasteiger partial charge in [0.1, 0.15) is 17.4 Å². The van der Waals surface area contributed by atoms with Crippen LogP contribution in [-0.4, -0.2) is 30.5 Å². The molecule has 1 amide bonds. The Morgan fingerprint density at radius 2 is 1.96 bits per heavy atom. The lowest BCUT2D eigenvalue weighted by atomic mass is 10.1. The van der Waals surface area contributed by atoms with Gasteiger partial charge in [-0.1, -0.05) is 17.7 Å². The summed E-state index contributed by atoms with van der Waals surface area (Å²) in [6, 6.07) is 10.8. The second kappa shape index (κ2) is 7.64. The lowest BCUT2D eigenvalue weighted by molar-refractivity contribution is 0.0780. The van der Waals surface area contributed by atoms with E-state index in [0.717, 1.165) is 36.8 Å². The minimum atomic E-state index is -0.683. The first kappa shape index (κ1) is 17.4. The number of rotatable bonds is 5. The first-order chi connectivity index (χ1) is 12.0. The molecule has 1 heterocycles. The van der Waals surface area contributed by atoms with E-state index in [0.29, 0.717) is 25.6 Å². The van der Waals surface area contributed by atoms with Crippen molar-refractivity contribution < 1.29 is 18.3 Å². The van der Waals surface area contributed by atoms with Gasteiger partial charge in [-0.2, -0.15) is 0 Å². The van der Waals surface area contributed by atoms with Gasteiger partial charge in [-0.15, -0.1) is 0 Å². The van der Waals surface area contributed by atoms with Crippen LogP contribution in [0.5, 0.6) is 5.75 Å². The standard InChI is InChI=1S/C20H21F2NO2/c1-14-2-5-17(6-3-14)25-11-9-15-8-10-23(13-15)20(24)18-12-16(21)4-7-19(18)22/h2-7,12,15H,8-11,13H2,1H3. The van der Waals surface area contributed by atoms with Crippen molar-refractivity contribution in [3.63, 3.8) is 0 Å². The second-order valence-electron chi connectivity index (χ2n) is 6.48. The van der Waals surface area contributed by atoms with E-state index in [-0.39, 0.29) is 5.56 Å². The fourth-order valence-electron chi connectivity index (χ4n) is 3.06. The number of likely N-dealkylation sites (tertiary alicyclic amines) is 1. The number of carbonyl (C=O) groups excluding carboxylic acids is 1. The summed E-state index contributed by atoms with van der Waals surface area (Å²) in [6.45, 7) is 3.70. The van der Waals surface area contributed by atoms with E-state index in [2.05, 4.69) is 0 Å². The third-order valence-electron chi connectivity index (χ3n) is 4.55. The summed E-state index contributed by atoms with van der Waals surface area (Å²) in [4.78, 5) is 14.0. The molecule has 1 aliphatic heterocycles. The third-order valence-corrected chi connectivity index (χ3v) is 4.55. The molecular weight excluding hydrogens is 324 g/mol. The second-order valence-corrected chi connectivity index (χ2v) is 6.48. The quantitative estimate of drug-likeness (QED) is 0.813. The summed E-state index contributed by atoms with van der Waals surface area (Å²) in [6.07, 6.45) is 1.67. The fourth-order valence-corrected chi connectivity index (χ4v) is 3.06. The summed E-state index contributed by atoms with van der Waals surface area (Å²) < 4.78 is 32.8. The molecule has 0 saturated carbocycles. The molecule has 3 nitrogen and oxygen atoms in total. The molecule has 25 heavy (non-hydrogen) atoms. The molecule has 0 aliphatic carbocycles.